The van der Waals surface area contributed by atoms with Gasteiger partial charge >= 0.3 is 0 Å². The van der Waals surface area contributed by atoms with E-state index in [4.69, 9.17) is 0 Å². The van der Waals surface area contributed by atoms with Gasteiger partial charge in [0, 0.05) is 29.7 Å². The van der Waals surface area contributed by atoms with E-state index in [1.807, 2.05) is 6.20 Å². The van der Waals surface area contributed by atoms with Crippen LogP contribution < -0.4 is 5.32 Å². The molecule has 2 heteroatoms. The molecule has 108 valence electrons. The molecule has 0 amide bonds. The van der Waals surface area contributed by atoms with Crippen LogP contribution in [0, 0.1) is 0 Å². The third kappa shape index (κ3) is 3.53. The molecular weight excluding hydrogens is 256 g/mol. The third-order valence-corrected chi connectivity index (χ3v) is 4.04. The van der Waals surface area contributed by atoms with Gasteiger partial charge in [0.15, 0.2) is 0 Å². The molecule has 3 aromatic rings. The second-order valence-electron chi connectivity index (χ2n) is 5.66. The number of hydrogen-bond acceptors (Lipinski definition) is 1. The van der Waals surface area contributed by atoms with Crippen LogP contribution in [0.2, 0.25) is 0 Å². The molecule has 2 aromatic carbocycles. The summed E-state index contributed by atoms with van der Waals surface area (Å²) in [5, 5.41) is 4.96. The number of hydrogen-bond donors (Lipinski definition) is 2. The molecule has 0 aliphatic heterocycles. The quantitative estimate of drug-likeness (QED) is 0.692. The molecule has 0 saturated heterocycles. The number of aromatic amines is 1. The van der Waals surface area contributed by atoms with Gasteiger partial charge in [0.2, 0.25) is 0 Å². The SMILES string of the molecule is CC(CCc1ccccc1)NCc1cccc2[nH]ccc12. The van der Waals surface area contributed by atoms with Crippen LogP contribution in [0.4, 0.5) is 0 Å². The summed E-state index contributed by atoms with van der Waals surface area (Å²) in [5.41, 5.74) is 3.99. The number of H-pyrrole nitrogens is 1. The monoisotopic (exact) mass is 278 g/mol. The van der Waals surface area contributed by atoms with E-state index < -0.39 is 0 Å². The zero-order valence-electron chi connectivity index (χ0n) is 12.5. The lowest BCUT2D eigenvalue weighted by molar-refractivity contribution is 0.515. The average molecular weight is 278 g/mol. The molecule has 1 heterocycles. The van der Waals surface area contributed by atoms with Crippen molar-refractivity contribution in [2.75, 3.05) is 0 Å². The van der Waals surface area contributed by atoms with Crippen molar-refractivity contribution < 1.29 is 0 Å². The fraction of sp³-hybridized carbons (Fsp3) is 0.263. The summed E-state index contributed by atoms with van der Waals surface area (Å²) in [6.07, 6.45) is 4.30. The first-order chi connectivity index (χ1) is 10.3. The highest BCUT2D eigenvalue weighted by molar-refractivity contribution is 5.82. The highest BCUT2D eigenvalue weighted by Gasteiger charge is 2.05. The van der Waals surface area contributed by atoms with Crippen LogP contribution in [-0.4, -0.2) is 11.0 Å². The Labute approximate surface area is 126 Å². The molecule has 0 aliphatic rings. The van der Waals surface area contributed by atoms with Gasteiger partial charge in [-0.25, -0.2) is 0 Å². The van der Waals surface area contributed by atoms with E-state index in [1.165, 1.54) is 22.0 Å². The predicted octanol–water partition coefficient (Wildman–Crippen LogP) is 4.28. The average Bonchev–Trinajstić information content (AvgIpc) is 3.01. The Morgan fingerprint density at radius 2 is 1.86 bits per heavy atom. The maximum absolute atomic E-state index is 3.64. The fourth-order valence-corrected chi connectivity index (χ4v) is 2.72. The first kappa shape index (κ1) is 13.9. The van der Waals surface area contributed by atoms with Gasteiger partial charge < -0.3 is 10.3 Å². The molecule has 0 bridgehead atoms. The molecule has 1 unspecified atom stereocenters. The Morgan fingerprint density at radius 1 is 1.00 bits per heavy atom. The highest BCUT2D eigenvalue weighted by atomic mass is 14.9. The second-order valence-corrected chi connectivity index (χ2v) is 5.66. The molecule has 2 nitrogen and oxygen atoms in total. The topological polar surface area (TPSA) is 27.8 Å². The zero-order chi connectivity index (χ0) is 14.5. The molecule has 21 heavy (non-hydrogen) atoms. The number of rotatable bonds is 6. The largest absolute Gasteiger partial charge is 0.361 e. The van der Waals surface area contributed by atoms with Gasteiger partial charge in [0.25, 0.3) is 0 Å². The molecule has 1 aromatic heterocycles. The summed E-state index contributed by atoms with van der Waals surface area (Å²) < 4.78 is 0. The Balaban J connectivity index is 1.54. The minimum Gasteiger partial charge on any atom is -0.361 e. The summed E-state index contributed by atoms with van der Waals surface area (Å²) in [4.78, 5) is 3.27. The van der Waals surface area contributed by atoms with Crippen molar-refractivity contribution >= 4 is 10.9 Å². The molecule has 0 fully saturated rings. The second kappa shape index (κ2) is 6.59. The molecule has 1 atom stereocenters. The van der Waals surface area contributed by atoms with Crippen LogP contribution >= 0.6 is 0 Å². The van der Waals surface area contributed by atoms with Crippen LogP contribution in [0.15, 0.2) is 60.8 Å². The molecular formula is C19H22N2. The van der Waals surface area contributed by atoms with Crippen molar-refractivity contribution in [3.05, 3.63) is 71.9 Å². The van der Waals surface area contributed by atoms with E-state index in [0.29, 0.717) is 6.04 Å². The van der Waals surface area contributed by atoms with E-state index in [-0.39, 0.29) is 0 Å². The van der Waals surface area contributed by atoms with E-state index in [1.54, 1.807) is 0 Å². The Kier molecular flexibility index (Phi) is 4.37. The van der Waals surface area contributed by atoms with Crippen molar-refractivity contribution in [2.45, 2.75) is 32.4 Å². The van der Waals surface area contributed by atoms with Gasteiger partial charge in [-0.05, 0) is 43.0 Å². The summed E-state index contributed by atoms with van der Waals surface area (Å²) in [7, 11) is 0. The van der Waals surface area contributed by atoms with Crippen LogP contribution in [0.5, 0.6) is 0 Å². The fourth-order valence-electron chi connectivity index (χ4n) is 2.72. The summed E-state index contributed by atoms with van der Waals surface area (Å²) in [6.45, 7) is 3.19. The lowest BCUT2D eigenvalue weighted by Gasteiger charge is -2.14. The molecule has 0 aliphatic carbocycles. The van der Waals surface area contributed by atoms with Crippen LogP contribution in [0.25, 0.3) is 10.9 Å². The first-order valence-electron chi connectivity index (χ1n) is 7.65. The molecule has 0 spiro atoms. The van der Waals surface area contributed by atoms with Gasteiger partial charge in [-0.15, -0.1) is 0 Å². The Morgan fingerprint density at radius 3 is 2.71 bits per heavy atom. The van der Waals surface area contributed by atoms with Crippen molar-refractivity contribution in [3.8, 4) is 0 Å². The van der Waals surface area contributed by atoms with E-state index in [0.717, 1.165) is 19.4 Å². The molecule has 3 rings (SSSR count). The van der Waals surface area contributed by atoms with Gasteiger partial charge in [-0.3, -0.25) is 0 Å². The number of nitrogens with one attached hydrogen (secondary N) is 2. The van der Waals surface area contributed by atoms with E-state index in [2.05, 4.69) is 71.8 Å². The minimum absolute atomic E-state index is 0.513. The predicted molar refractivity (Wildman–Crippen MR) is 89.4 cm³/mol. The lowest BCUT2D eigenvalue weighted by Crippen LogP contribution is -2.26. The Bertz CT molecular complexity index is 685. The third-order valence-electron chi connectivity index (χ3n) is 4.04. The van der Waals surface area contributed by atoms with Gasteiger partial charge in [0.05, 0.1) is 0 Å². The summed E-state index contributed by atoms with van der Waals surface area (Å²) in [5.74, 6) is 0. The van der Waals surface area contributed by atoms with Crippen LogP contribution in [0.1, 0.15) is 24.5 Å². The number of aryl methyl sites for hydroxylation is 1. The van der Waals surface area contributed by atoms with Gasteiger partial charge in [0.1, 0.15) is 0 Å². The normalized spacial score (nSPS) is 12.6. The lowest BCUT2D eigenvalue weighted by atomic mass is 10.1. The van der Waals surface area contributed by atoms with Crippen molar-refractivity contribution in [2.24, 2.45) is 0 Å². The maximum Gasteiger partial charge on any atom is 0.0457 e. The van der Waals surface area contributed by atoms with Crippen molar-refractivity contribution in [1.82, 2.24) is 10.3 Å². The standard InChI is InChI=1S/C19H22N2/c1-15(10-11-16-6-3-2-4-7-16)21-14-17-8-5-9-19-18(17)12-13-20-19/h2-9,12-13,15,20-21H,10-11,14H2,1H3. The number of aromatic nitrogens is 1. The van der Waals surface area contributed by atoms with Gasteiger partial charge in [-0.2, -0.15) is 0 Å². The first-order valence-corrected chi connectivity index (χ1v) is 7.65. The minimum atomic E-state index is 0.513. The highest BCUT2D eigenvalue weighted by Crippen LogP contribution is 2.17. The maximum atomic E-state index is 3.64. The summed E-state index contributed by atoms with van der Waals surface area (Å²) in [6, 6.07) is 19.8. The molecule has 0 radical (unpaired) electrons. The van der Waals surface area contributed by atoms with Crippen LogP contribution in [0.3, 0.4) is 0 Å². The summed E-state index contributed by atoms with van der Waals surface area (Å²) >= 11 is 0. The van der Waals surface area contributed by atoms with Crippen molar-refractivity contribution in [1.29, 1.82) is 0 Å². The van der Waals surface area contributed by atoms with Crippen molar-refractivity contribution in [3.63, 3.8) is 0 Å². The molecule has 0 saturated carbocycles. The van der Waals surface area contributed by atoms with Crippen LogP contribution in [-0.2, 0) is 13.0 Å². The van der Waals surface area contributed by atoms with E-state index >= 15 is 0 Å². The van der Waals surface area contributed by atoms with E-state index in [9.17, 15) is 0 Å². The van der Waals surface area contributed by atoms with Gasteiger partial charge in [-0.1, -0.05) is 42.5 Å². The number of fused-ring (bicyclic) bond motifs is 1. The number of benzene rings is 2. The smallest absolute Gasteiger partial charge is 0.0457 e. The zero-order valence-corrected chi connectivity index (χ0v) is 12.5. The molecule has 2 N–H and O–H groups in total. The Hall–Kier alpha value is -2.06.